The second-order valence-electron chi connectivity index (χ2n) is 6.02. The van der Waals surface area contributed by atoms with Crippen LogP contribution < -0.4 is 10.2 Å². The van der Waals surface area contributed by atoms with Crippen LogP contribution in [0.1, 0.15) is 10.4 Å². The number of halogens is 1. The van der Waals surface area contributed by atoms with E-state index in [9.17, 15) is 13.2 Å². The van der Waals surface area contributed by atoms with E-state index in [1.165, 1.54) is 18.2 Å². The lowest BCUT2D eigenvalue weighted by atomic mass is 10.2. The maximum absolute atomic E-state index is 12.4. The number of hydrogen-bond acceptors (Lipinski definition) is 5. The summed E-state index contributed by atoms with van der Waals surface area (Å²) in [5.74, 6) is -0.398. The van der Waals surface area contributed by atoms with Crippen LogP contribution in [0.2, 0.25) is 5.02 Å². The van der Waals surface area contributed by atoms with Crippen molar-refractivity contribution in [3.63, 3.8) is 0 Å². The first-order chi connectivity index (χ1) is 12.3. The van der Waals surface area contributed by atoms with E-state index in [2.05, 4.69) is 10.2 Å². The van der Waals surface area contributed by atoms with Gasteiger partial charge in [-0.2, -0.15) is 0 Å². The van der Waals surface area contributed by atoms with E-state index in [4.69, 9.17) is 16.3 Å². The lowest BCUT2D eigenvalue weighted by Crippen LogP contribution is -2.36. The average Bonchev–Trinajstić information content (AvgIpc) is 2.62. The number of sulfone groups is 1. The van der Waals surface area contributed by atoms with Crippen LogP contribution in [0.25, 0.3) is 0 Å². The van der Waals surface area contributed by atoms with Crippen LogP contribution in [0.15, 0.2) is 47.4 Å². The van der Waals surface area contributed by atoms with Crippen LogP contribution in [-0.4, -0.2) is 46.9 Å². The number of morpholine rings is 1. The molecule has 1 heterocycles. The van der Waals surface area contributed by atoms with Gasteiger partial charge in [-0.15, -0.1) is 0 Å². The van der Waals surface area contributed by atoms with Gasteiger partial charge in [0.15, 0.2) is 9.84 Å². The van der Waals surface area contributed by atoms with E-state index in [0.717, 1.165) is 25.0 Å². The van der Waals surface area contributed by atoms with E-state index in [1.54, 1.807) is 0 Å². The van der Waals surface area contributed by atoms with Crippen LogP contribution >= 0.6 is 11.6 Å². The van der Waals surface area contributed by atoms with Gasteiger partial charge < -0.3 is 15.0 Å². The fourth-order valence-electron chi connectivity index (χ4n) is 2.71. The molecule has 8 heteroatoms. The van der Waals surface area contributed by atoms with Crippen LogP contribution in [0.5, 0.6) is 0 Å². The molecule has 3 rings (SSSR count). The molecule has 2 aromatic rings. The highest BCUT2D eigenvalue weighted by molar-refractivity contribution is 7.90. The number of anilines is 2. The second-order valence-corrected chi connectivity index (χ2v) is 8.41. The Hall–Kier alpha value is -2.09. The Morgan fingerprint density at radius 1 is 1.12 bits per heavy atom. The van der Waals surface area contributed by atoms with Crippen molar-refractivity contribution in [1.29, 1.82) is 0 Å². The molecule has 1 fully saturated rings. The summed E-state index contributed by atoms with van der Waals surface area (Å²) in [6.45, 7) is 3.09. The van der Waals surface area contributed by atoms with E-state index >= 15 is 0 Å². The molecule has 6 nitrogen and oxygen atoms in total. The van der Waals surface area contributed by atoms with Gasteiger partial charge in [-0.1, -0.05) is 11.6 Å². The van der Waals surface area contributed by atoms with E-state index < -0.39 is 15.7 Å². The SMILES string of the molecule is CS(=O)(=O)c1cc(C(=O)Nc2ccc(N3CCOCC3)cc2)ccc1Cl. The number of carbonyl (C=O) groups excluding carboxylic acids is 1. The number of hydrogen-bond donors (Lipinski definition) is 1. The number of nitrogens with one attached hydrogen (secondary N) is 1. The molecule has 0 aliphatic carbocycles. The van der Waals surface area contributed by atoms with Crippen molar-refractivity contribution in [1.82, 2.24) is 0 Å². The zero-order chi connectivity index (χ0) is 18.7. The summed E-state index contributed by atoms with van der Waals surface area (Å²) in [5, 5.41) is 2.86. The number of ether oxygens (including phenoxy) is 1. The molecule has 0 saturated carbocycles. The summed E-state index contributed by atoms with van der Waals surface area (Å²) in [6, 6.07) is 11.7. The Bertz CT molecular complexity index is 907. The number of benzene rings is 2. The molecule has 1 amide bonds. The zero-order valence-electron chi connectivity index (χ0n) is 14.2. The highest BCUT2D eigenvalue weighted by Crippen LogP contribution is 2.24. The molecule has 0 aromatic heterocycles. The summed E-state index contributed by atoms with van der Waals surface area (Å²) < 4.78 is 28.8. The minimum absolute atomic E-state index is 0.0607. The molecule has 0 bridgehead atoms. The van der Waals surface area contributed by atoms with Gasteiger partial charge in [0.05, 0.1) is 23.1 Å². The van der Waals surface area contributed by atoms with Gasteiger partial charge >= 0.3 is 0 Å². The van der Waals surface area contributed by atoms with Crippen molar-refractivity contribution in [2.24, 2.45) is 0 Å². The number of carbonyl (C=O) groups is 1. The minimum atomic E-state index is -3.51. The Morgan fingerprint density at radius 2 is 1.77 bits per heavy atom. The molecule has 0 unspecified atom stereocenters. The molecule has 26 heavy (non-hydrogen) atoms. The van der Waals surface area contributed by atoms with Gasteiger partial charge in [0.1, 0.15) is 0 Å². The topological polar surface area (TPSA) is 75.7 Å². The van der Waals surface area contributed by atoms with Gasteiger partial charge in [-0.3, -0.25) is 4.79 Å². The molecule has 138 valence electrons. The predicted molar refractivity (Wildman–Crippen MR) is 102 cm³/mol. The zero-order valence-corrected chi connectivity index (χ0v) is 15.8. The predicted octanol–water partition coefficient (Wildman–Crippen LogP) is 2.83. The smallest absolute Gasteiger partial charge is 0.255 e. The van der Waals surface area contributed by atoms with Crippen molar-refractivity contribution in [3.05, 3.63) is 53.1 Å². The van der Waals surface area contributed by atoms with Crippen molar-refractivity contribution in [2.45, 2.75) is 4.90 Å². The summed E-state index contributed by atoms with van der Waals surface area (Å²) in [5.41, 5.74) is 1.92. The molecule has 2 aromatic carbocycles. The summed E-state index contributed by atoms with van der Waals surface area (Å²) in [4.78, 5) is 14.6. The van der Waals surface area contributed by atoms with Gasteiger partial charge in [0, 0.05) is 36.3 Å². The number of rotatable bonds is 4. The van der Waals surface area contributed by atoms with Crippen molar-refractivity contribution >= 4 is 38.7 Å². The van der Waals surface area contributed by atoms with Crippen LogP contribution in [-0.2, 0) is 14.6 Å². The van der Waals surface area contributed by atoms with Crippen molar-refractivity contribution in [2.75, 3.05) is 42.8 Å². The van der Waals surface area contributed by atoms with Gasteiger partial charge in [-0.25, -0.2) is 8.42 Å². The third-order valence-corrected chi connectivity index (χ3v) is 5.67. The van der Waals surface area contributed by atoms with Crippen LogP contribution in [0.4, 0.5) is 11.4 Å². The fraction of sp³-hybridized carbons (Fsp3) is 0.278. The first kappa shape index (κ1) is 18.7. The Balaban J connectivity index is 1.74. The maximum atomic E-state index is 12.4. The quantitative estimate of drug-likeness (QED) is 0.862. The molecule has 1 aliphatic heterocycles. The lowest BCUT2D eigenvalue weighted by molar-refractivity contribution is 0.102. The molecule has 0 spiro atoms. The van der Waals surface area contributed by atoms with E-state index in [-0.39, 0.29) is 15.5 Å². The third-order valence-electron chi connectivity index (χ3n) is 4.09. The highest BCUT2D eigenvalue weighted by atomic mass is 35.5. The summed E-state index contributed by atoms with van der Waals surface area (Å²) in [6.07, 6.45) is 1.06. The lowest BCUT2D eigenvalue weighted by Gasteiger charge is -2.28. The van der Waals surface area contributed by atoms with Crippen LogP contribution in [0.3, 0.4) is 0 Å². The summed E-state index contributed by atoms with van der Waals surface area (Å²) in [7, 11) is -3.51. The fourth-order valence-corrected chi connectivity index (χ4v) is 4.01. The third kappa shape index (κ3) is 4.35. The minimum Gasteiger partial charge on any atom is -0.378 e. The summed E-state index contributed by atoms with van der Waals surface area (Å²) >= 11 is 5.91. The first-order valence-electron chi connectivity index (χ1n) is 8.08. The Kier molecular flexibility index (Phi) is 5.50. The normalized spacial score (nSPS) is 14.9. The molecule has 0 radical (unpaired) electrons. The maximum Gasteiger partial charge on any atom is 0.255 e. The Morgan fingerprint density at radius 3 is 2.38 bits per heavy atom. The molecule has 1 saturated heterocycles. The van der Waals surface area contributed by atoms with E-state index in [1.807, 2.05) is 24.3 Å². The van der Waals surface area contributed by atoms with Crippen LogP contribution in [0, 0.1) is 0 Å². The monoisotopic (exact) mass is 394 g/mol. The van der Waals surface area contributed by atoms with Gasteiger partial charge in [0.25, 0.3) is 5.91 Å². The van der Waals surface area contributed by atoms with Gasteiger partial charge in [-0.05, 0) is 42.5 Å². The van der Waals surface area contributed by atoms with Gasteiger partial charge in [0.2, 0.25) is 0 Å². The van der Waals surface area contributed by atoms with Crippen molar-refractivity contribution < 1.29 is 17.9 Å². The molecular formula is C18H19ClN2O4S. The van der Waals surface area contributed by atoms with Crippen molar-refractivity contribution in [3.8, 4) is 0 Å². The largest absolute Gasteiger partial charge is 0.378 e. The molecule has 1 N–H and O–H groups in total. The number of nitrogens with zero attached hydrogens (tertiary/aromatic N) is 1. The standard InChI is InChI=1S/C18H19ClN2O4S/c1-26(23,24)17-12-13(2-7-16(17)19)18(22)20-14-3-5-15(6-4-14)21-8-10-25-11-9-21/h2-7,12H,8-11H2,1H3,(H,20,22). The second kappa shape index (κ2) is 7.65. The number of amides is 1. The molecule has 0 atom stereocenters. The Labute approximate surface area is 157 Å². The first-order valence-corrected chi connectivity index (χ1v) is 10.4. The molecular weight excluding hydrogens is 376 g/mol. The van der Waals surface area contributed by atoms with E-state index in [0.29, 0.717) is 18.9 Å². The highest BCUT2D eigenvalue weighted by Gasteiger charge is 2.16. The molecule has 1 aliphatic rings. The average molecular weight is 395 g/mol.